The zero-order chi connectivity index (χ0) is 12.3. The predicted octanol–water partition coefficient (Wildman–Crippen LogP) is 2.16. The van der Waals surface area contributed by atoms with Crippen molar-refractivity contribution in [3.63, 3.8) is 0 Å². The molecule has 0 saturated carbocycles. The summed E-state index contributed by atoms with van der Waals surface area (Å²) in [5.74, 6) is 0. The molecule has 1 aromatic heterocycles. The van der Waals surface area contributed by atoms with Gasteiger partial charge in [-0.3, -0.25) is 4.90 Å². The fourth-order valence-electron chi connectivity index (χ4n) is 2.10. The van der Waals surface area contributed by atoms with E-state index in [0.29, 0.717) is 6.10 Å². The summed E-state index contributed by atoms with van der Waals surface area (Å²) in [7, 11) is 4.17. The van der Waals surface area contributed by atoms with Gasteiger partial charge in [-0.25, -0.2) is 0 Å². The van der Waals surface area contributed by atoms with Crippen molar-refractivity contribution in [1.82, 2.24) is 9.80 Å². The van der Waals surface area contributed by atoms with Gasteiger partial charge in [-0.1, -0.05) is 11.6 Å². The van der Waals surface area contributed by atoms with Crippen molar-refractivity contribution in [2.75, 3.05) is 40.3 Å². The highest BCUT2D eigenvalue weighted by molar-refractivity contribution is 7.16. The Morgan fingerprint density at radius 2 is 2.35 bits per heavy atom. The number of ether oxygens (including phenoxy) is 1. The first-order valence-electron chi connectivity index (χ1n) is 5.86. The van der Waals surface area contributed by atoms with Crippen molar-refractivity contribution in [2.24, 2.45) is 0 Å². The van der Waals surface area contributed by atoms with Gasteiger partial charge in [0.05, 0.1) is 17.0 Å². The second-order valence-corrected chi connectivity index (χ2v) is 6.50. The molecule has 1 aromatic rings. The molecule has 17 heavy (non-hydrogen) atoms. The standard InChI is InChI=1S/C12H19ClN2OS/c1-14(2)7-10-8-15(5-6-16-10)9-11-3-4-12(13)17-11/h3-4,10H,5-9H2,1-2H3. The van der Waals surface area contributed by atoms with Crippen LogP contribution in [0.25, 0.3) is 0 Å². The van der Waals surface area contributed by atoms with Crippen molar-refractivity contribution < 1.29 is 4.74 Å². The second-order valence-electron chi connectivity index (χ2n) is 4.70. The third kappa shape index (κ3) is 4.23. The van der Waals surface area contributed by atoms with Crippen molar-refractivity contribution in [3.05, 3.63) is 21.3 Å². The summed E-state index contributed by atoms with van der Waals surface area (Å²) in [6, 6.07) is 4.09. The molecule has 0 amide bonds. The smallest absolute Gasteiger partial charge is 0.0931 e. The van der Waals surface area contributed by atoms with Crippen LogP contribution in [0.4, 0.5) is 0 Å². The summed E-state index contributed by atoms with van der Waals surface area (Å²) in [4.78, 5) is 5.95. The molecule has 0 aromatic carbocycles. The van der Waals surface area contributed by atoms with E-state index in [1.807, 2.05) is 6.07 Å². The Hall–Kier alpha value is -0.130. The molecule has 3 nitrogen and oxygen atoms in total. The average Bonchev–Trinajstić information content (AvgIpc) is 2.63. The van der Waals surface area contributed by atoms with Crippen molar-refractivity contribution in [3.8, 4) is 0 Å². The minimum Gasteiger partial charge on any atom is -0.374 e. The molecule has 0 spiro atoms. The largest absolute Gasteiger partial charge is 0.374 e. The van der Waals surface area contributed by atoms with Crippen LogP contribution in [-0.2, 0) is 11.3 Å². The van der Waals surface area contributed by atoms with E-state index in [4.69, 9.17) is 16.3 Å². The number of morpholine rings is 1. The van der Waals surface area contributed by atoms with E-state index in [2.05, 4.69) is 30.0 Å². The Labute approximate surface area is 112 Å². The van der Waals surface area contributed by atoms with E-state index >= 15 is 0 Å². The normalized spacial score (nSPS) is 22.2. The summed E-state index contributed by atoms with van der Waals surface area (Å²) in [6.07, 6.45) is 0.328. The Morgan fingerprint density at radius 3 is 3.00 bits per heavy atom. The maximum Gasteiger partial charge on any atom is 0.0931 e. The number of nitrogens with zero attached hydrogens (tertiary/aromatic N) is 2. The van der Waals surface area contributed by atoms with Gasteiger partial charge in [-0.15, -0.1) is 11.3 Å². The summed E-state index contributed by atoms with van der Waals surface area (Å²) in [6.45, 7) is 4.83. The van der Waals surface area contributed by atoms with Crippen LogP contribution in [-0.4, -0.2) is 56.2 Å². The molecular weight excluding hydrogens is 256 g/mol. The highest BCUT2D eigenvalue weighted by Crippen LogP contribution is 2.23. The Bertz CT molecular complexity index is 356. The van der Waals surface area contributed by atoms with Crippen LogP contribution in [0.2, 0.25) is 4.34 Å². The van der Waals surface area contributed by atoms with E-state index in [1.54, 1.807) is 11.3 Å². The first-order chi connectivity index (χ1) is 8.13. The van der Waals surface area contributed by atoms with Crippen LogP contribution in [0.15, 0.2) is 12.1 Å². The van der Waals surface area contributed by atoms with Gasteiger partial charge in [-0.05, 0) is 26.2 Å². The molecule has 2 heterocycles. The summed E-state index contributed by atoms with van der Waals surface area (Å²) < 4.78 is 6.63. The molecule has 2 rings (SSSR count). The van der Waals surface area contributed by atoms with E-state index in [9.17, 15) is 0 Å². The quantitative estimate of drug-likeness (QED) is 0.837. The lowest BCUT2D eigenvalue weighted by molar-refractivity contribution is -0.0404. The Balaban J connectivity index is 1.85. The summed E-state index contributed by atoms with van der Waals surface area (Å²) in [5.41, 5.74) is 0. The molecule has 1 aliphatic heterocycles. The van der Waals surface area contributed by atoms with Gasteiger partial charge in [0.25, 0.3) is 0 Å². The van der Waals surface area contributed by atoms with Crippen LogP contribution in [0, 0.1) is 0 Å². The summed E-state index contributed by atoms with van der Waals surface area (Å²) in [5, 5.41) is 0. The number of hydrogen-bond acceptors (Lipinski definition) is 4. The van der Waals surface area contributed by atoms with E-state index in [-0.39, 0.29) is 0 Å². The summed E-state index contributed by atoms with van der Waals surface area (Å²) >= 11 is 7.61. The van der Waals surface area contributed by atoms with Crippen molar-refractivity contribution in [2.45, 2.75) is 12.6 Å². The molecule has 1 atom stereocenters. The second kappa shape index (κ2) is 6.16. The van der Waals surface area contributed by atoms with E-state index < -0.39 is 0 Å². The molecule has 1 saturated heterocycles. The maximum atomic E-state index is 5.94. The van der Waals surface area contributed by atoms with Crippen LogP contribution >= 0.6 is 22.9 Å². The number of likely N-dealkylation sites (N-methyl/N-ethyl adjacent to an activating group) is 1. The third-order valence-corrected chi connectivity index (χ3v) is 4.02. The number of rotatable bonds is 4. The van der Waals surface area contributed by atoms with Gasteiger partial charge in [0.2, 0.25) is 0 Å². The van der Waals surface area contributed by atoms with Crippen LogP contribution in [0.5, 0.6) is 0 Å². The fraction of sp³-hybridized carbons (Fsp3) is 0.667. The molecule has 1 aliphatic rings. The third-order valence-electron chi connectivity index (χ3n) is 2.80. The van der Waals surface area contributed by atoms with Gasteiger partial charge in [0, 0.05) is 31.1 Å². The van der Waals surface area contributed by atoms with E-state index in [0.717, 1.165) is 37.1 Å². The van der Waals surface area contributed by atoms with Gasteiger partial charge < -0.3 is 9.64 Å². The maximum absolute atomic E-state index is 5.94. The number of hydrogen-bond donors (Lipinski definition) is 0. The molecule has 0 N–H and O–H groups in total. The predicted molar refractivity (Wildman–Crippen MR) is 72.9 cm³/mol. The zero-order valence-corrected chi connectivity index (χ0v) is 11.9. The molecule has 5 heteroatoms. The monoisotopic (exact) mass is 274 g/mol. The van der Waals surface area contributed by atoms with Crippen molar-refractivity contribution >= 4 is 22.9 Å². The average molecular weight is 275 g/mol. The lowest BCUT2D eigenvalue weighted by Gasteiger charge is -2.33. The zero-order valence-electron chi connectivity index (χ0n) is 10.4. The minimum absolute atomic E-state index is 0.328. The lowest BCUT2D eigenvalue weighted by Crippen LogP contribution is -2.45. The Kier molecular flexibility index (Phi) is 4.82. The highest BCUT2D eigenvalue weighted by Gasteiger charge is 2.21. The van der Waals surface area contributed by atoms with Crippen molar-refractivity contribution in [1.29, 1.82) is 0 Å². The van der Waals surface area contributed by atoms with Crippen LogP contribution in [0.3, 0.4) is 0 Å². The molecule has 96 valence electrons. The molecular formula is C12H19ClN2OS. The molecule has 0 bridgehead atoms. The number of thiophene rings is 1. The minimum atomic E-state index is 0.328. The Morgan fingerprint density at radius 1 is 1.53 bits per heavy atom. The first kappa shape index (κ1) is 13.3. The van der Waals surface area contributed by atoms with Gasteiger partial charge in [0.1, 0.15) is 0 Å². The topological polar surface area (TPSA) is 15.7 Å². The van der Waals surface area contributed by atoms with Crippen LogP contribution < -0.4 is 0 Å². The lowest BCUT2D eigenvalue weighted by atomic mass is 10.2. The molecule has 1 fully saturated rings. The highest BCUT2D eigenvalue weighted by atomic mass is 35.5. The van der Waals surface area contributed by atoms with Gasteiger partial charge in [0.15, 0.2) is 0 Å². The SMILES string of the molecule is CN(C)CC1CN(Cc2ccc(Cl)s2)CCO1. The van der Waals surface area contributed by atoms with Gasteiger partial charge in [-0.2, -0.15) is 0 Å². The number of halogens is 1. The van der Waals surface area contributed by atoms with Gasteiger partial charge >= 0.3 is 0 Å². The fourth-order valence-corrected chi connectivity index (χ4v) is 3.23. The molecule has 1 unspecified atom stereocenters. The molecule has 0 aliphatic carbocycles. The van der Waals surface area contributed by atoms with Crippen LogP contribution in [0.1, 0.15) is 4.88 Å². The molecule has 0 radical (unpaired) electrons. The first-order valence-corrected chi connectivity index (χ1v) is 7.06. The van der Waals surface area contributed by atoms with E-state index in [1.165, 1.54) is 4.88 Å².